The highest BCUT2D eigenvalue weighted by Gasteiger charge is 2.47. The number of nitrogens with zero attached hydrogens (tertiary/aromatic N) is 1. The third-order valence-electron chi connectivity index (χ3n) is 5.76. The second-order valence-electron chi connectivity index (χ2n) is 7.38. The van der Waals surface area contributed by atoms with Gasteiger partial charge in [0.2, 0.25) is 17.7 Å². The van der Waals surface area contributed by atoms with Gasteiger partial charge in [0, 0.05) is 13.0 Å². The van der Waals surface area contributed by atoms with Crippen LogP contribution in [0.15, 0.2) is 24.3 Å². The molecular weight excluding hydrogens is 344 g/mol. The molecule has 146 valence electrons. The summed E-state index contributed by atoms with van der Waals surface area (Å²) in [5.74, 6) is 0.147. The smallest absolute Gasteiger partial charge is 0.233 e. The van der Waals surface area contributed by atoms with E-state index < -0.39 is 0 Å². The van der Waals surface area contributed by atoms with Crippen molar-refractivity contribution < 1.29 is 19.1 Å². The standard InChI is InChI=1S/C21H28N2O4/c1-3-18(14-8-10-15(27-2)11-9-14)22-19(24)12-13-23-20(25)16-6-4-5-7-17(16)21(23)26/h8-11,16-18H,3-7,12-13H2,1-2H3,(H,22,24). The summed E-state index contributed by atoms with van der Waals surface area (Å²) in [6.07, 6.45) is 4.51. The summed E-state index contributed by atoms with van der Waals surface area (Å²) < 4.78 is 5.16. The van der Waals surface area contributed by atoms with Crippen molar-refractivity contribution in [1.29, 1.82) is 0 Å². The molecule has 1 aromatic carbocycles. The topological polar surface area (TPSA) is 75.7 Å². The van der Waals surface area contributed by atoms with E-state index >= 15 is 0 Å². The zero-order valence-corrected chi connectivity index (χ0v) is 16.1. The van der Waals surface area contributed by atoms with E-state index in [-0.39, 0.29) is 48.6 Å². The van der Waals surface area contributed by atoms with Crippen molar-refractivity contribution in [3.8, 4) is 5.75 Å². The average Bonchev–Trinajstić information content (AvgIpc) is 2.95. The second kappa shape index (κ2) is 8.55. The molecule has 1 aliphatic heterocycles. The number of carbonyl (C=O) groups is 3. The van der Waals surface area contributed by atoms with E-state index in [1.54, 1.807) is 7.11 Å². The lowest BCUT2D eigenvalue weighted by atomic mass is 9.81. The van der Waals surface area contributed by atoms with E-state index in [9.17, 15) is 14.4 Å². The Morgan fingerprint density at radius 3 is 2.26 bits per heavy atom. The quantitative estimate of drug-likeness (QED) is 0.747. The van der Waals surface area contributed by atoms with Crippen LogP contribution in [0.3, 0.4) is 0 Å². The minimum absolute atomic E-state index is 0.0836. The van der Waals surface area contributed by atoms with Crippen LogP contribution < -0.4 is 10.1 Å². The predicted octanol–water partition coefficient (Wildman–Crippen LogP) is 2.83. The Kier molecular flexibility index (Phi) is 6.14. The summed E-state index contributed by atoms with van der Waals surface area (Å²) in [6, 6.07) is 7.51. The second-order valence-corrected chi connectivity index (χ2v) is 7.38. The van der Waals surface area contributed by atoms with Gasteiger partial charge in [-0.2, -0.15) is 0 Å². The molecule has 0 aromatic heterocycles. The highest BCUT2D eigenvalue weighted by molar-refractivity contribution is 6.05. The molecular formula is C21H28N2O4. The Hall–Kier alpha value is -2.37. The first kappa shape index (κ1) is 19.4. The van der Waals surface area contributed by atoms with E-state index in [0.717, 1.165) is 43.4 Å². The van der Waals surface area contributed by atoms with Gasteiger partial charge in [-0.1, -0.05) is 31.9 Å². The third kappa shape index (κ3) is 4.15. The number of methoxy groups -OCH3 is 1. The fourth-order valence-corrected chi connectivity index (χ4v) is 4.19. The minimum Gasteiger partial charge on any atom is -0.497 e. The molecule has 2 aliphatic rings. The molecule has 1 saturated carbocycles. The molecule has 2 fully saturated rings. The Balaban J connectivity index is 1.55. The number of ether oxygens (including phenoxy) is 1. The van der Waals surface area contributed by atoms with Gasteiger partial charge in [-0.05, 0) is 37.0 Å². The summed E-state index contributed by atoms with van der Waals surface area (Å²) in [4.78, 5) is 38.7. The molecule has 3 rings (SSSR count). The Morgan fingerprint density at radius 2 is 1.74 bits per heavy atom. The summed E-state index contributed by atoms with van der Waals surface area (Å²) in [5, 5.41) is 3.01. The van der Waals surface area contributed by atoms with Gasteiger partial charge >= 0.3 is 0 Å². The summed E-state index contributed by atoms with van der Waals surface area (Å²) in [7, 11) is 1.62. The van der Waals surface area contributed by atoms with Gasteiger partial charge < -0.3 is 10.1 Å². The molecule has 6 nitrogen and oxygen atoms in total. The van der Waals surface area contributed by atoms with Gasteiger partial charge in [0.15, 0.2) is 0 Å². The summed E-state index contributed by atoms with van der Waals surface area (Å²) in [5.41, 5.74) is 1.01. The average molecular weight is 372 g/mol. The first-order valence-electron chi connectivity index (χ1n) is 9.83. The van der Waals surface area contributed by atoms with Gasteiger partial charge in [-0.15, -0.1) is 0 Å². The maximum Gasteiger partial charge on any atom is 0.233 e. The van der Waals surface area contributed by atoms with Crippen LogP contribution in [0.1, 0.15) is 57.1 Å². The number of benzene rings is 1. The van der Waals surface area contributed by atoms with E-state index in [0.29, 0.717) is 0 Å². The Bertz CT molecular complexity index is 677. The normalized spacial score (nSPS) is 23.1. The number of imide groups is 1. The molecule has 3 amide bonds. The minimum atomic E-state index is -0.156. The molecule has 6 heteroatoms. The first-order valence-corrected chi connectivity index (χ1v) is 9.83. The number of nitrogens with one attached hydrogen (secondary N) is 1. The van der Waals surface area contributed by atoms with Crippen molar-refractivity contribution in [2.45, 2.75) is 51.5 Å². The van der Waals surface area contributed by atoms with Crippen LogP contribution in [0, 0.1) is 11.8 Å². The molecule has 1 saturated heterocycles. The number of fused-ring (bicyclic) bond motifs is 1. The zero-order chi connectivity index (χ0) is 19.4. The summed E-state index contributed by atoms with van der Waals surface area (Å²) >= 11 is 0. The number of rotatable bonds is 7. The lowest BCUT2D eigenvalue weighted by Crippen LogP contribution is -2.36. The monoisotopic (exact) mass is 372 g/mol. The van der Waals surface area contributed by atoms with Crippen molar-refractivity contribution in [3.63, 3.8) is 0 Å². The number of hydrogen-bond donors (Lipinski definition) is 1. The molecule has 3 unspecified atom stereocenters. The number of hydrogen-bond acceptors (Lipinski definition) is 4. The van der Waals surface area contributed by atoms with Crippen LogP contribution >= 0.6 is 0 Å². The highest BCUT2D eigenvalue weighted by atomic mass is 16.5. The zero-order valence-electron chi connectivity index (χ0n) is 16.1. The van der Waals surface area contributed by atoms with Crippen molar-refractivity contribution in [2.75, 3.05) is 13.7 Å². The van der Waals surface area contributed by atoms with Gasteiger partial charge in [0.05, 0.1) is 25.0 Å². The largest absolute Gasteiger partial charge is 0.497 e. The highest BCUT2D eigenvalue weighted by Crippen LogP contribution is 2.38. The number of amides is 3. The Morgan fingerprint density at radius 1 is 1.15 bits per heavy atom. The van der Waals surface area contributed by atoms with Crippen LogP contribution in [0.5, 0.6) is 5.75 Å². The number of likely N-dealkylation sites (tertiary alicyclic amines) is 1. The fraction of sp³-hybridized carbons (Fsp3) is 0.571. The lowest BCUT2D eigenvalue weighted by molar-refractivity contribution is -0.140. The molecule has 1 N–H and O–H groups in total. The maximum atomic E-state index is 12.5. The van der Waals surface area contributed by atoms with Crippen LogP contribution in [0.25, 0.3) is 0 Å². The number of carbonyl (C=O) groups excluding carboxylic acids is 3. The molecule has 0 spiro atoms. The van der Waals surface area contributed by atoms with Crippen molar-refractivity contribution in [3.05, 3.63) is 29.8 Å². The van der Waals surface area contributed by atoms with Crippen LogP contribution in [-0.4, -0.2) is 36.3 Å². The molecule has 0 bridgehead atoms. The molecule has 0 radical (unpaired) electrons. The first-order chi connectivity index (χ1) is 13.0. The van der Waals surface area contributed by atoms with Crippen LogP contribution in [-0.2, 0) is 14.4 Å². The van der Waals surface area contributed by atoms with Crippen LogP contribution in [0.2, 0.25) is 0 Å². The van der Waals surface area contributed by atoms with E-state index in [4.69, 9.17) is 4.74 Å². The molecule has 3 atom stereocenters. The van der Waals surface area contributed by atoms with Crippen molar-refractivity contribution in [2.24, 2.45) is 11.8 Å². The maximum absolute atomic E-state index is 12.5. The molecule has 1 aliphatic carbocycles. The SMILES string of the molecule is CCC(NC(=O)CCN1C(=O)C2CCCCC2C1=O)c1ccc(OC)cc1. The van der Waals surface area contributed by atoms with Gasteiger partial charge in [0.1, 0.15) is 5.75 Å². The van der Waals surface area contributed by atoms with E-state index in [1.807, 2.05) is 31.2 Å². The van der Waals surface area contributed by atoms with Crippen LogP contribution in [0.4, 0.5) is 0 Å². The summed E-state index contributed by atoms with van der Waals surface area (Å²) in [6.45, 7) is 2.18. The molecule has 1 aromatic rings. The molecule has 1 heterocycles. The third-order valence-corrected chi connectivity index (χ3v) is 5.76. The van der Waals surface area contributed by atoms with Gasteiger partial charge in [-0.3, -0.25) is 19.3 Å². The van der Waals surface area contributed by atoms with Crippen molar-refractivity contribution >= 4 is 17.7 Å². The van der Waals surface area contributed by atoms with E-state index in [2.05, 4.69) is 5.32 Å². The van der Waals surface area contributed by atoms with Gasteiger partial charge in [0.25, 0.3) is 0 Å². The van der Waals surface area contributed by atoms with E-state index in [1.165, 1.54) is 4.90 Å². The predicted molar refractivity (Wildman–Crippen MR) is 101 cm³/mol. The van der Waals surface area contributed by atoms with Gasteiger partial charge in [-0.25, -0.2) is 0 Å². The Labute approximate surface area is 160 Å². The fourth-order valence-electron chi connectivity index (χ4n) is 4.19. The lowest BCUT2D eigenvalue weighted by Gasteiger charge is -2.19. The van der Waals surface area contributed by atoms with Crippen molar-refractivity contribution in [1.82, 2.24) is 10.2 Å². The molecule has 27 heavy (non-hydrogen) atoms.